The Kier molecular flexibility index (Phi) is 4.61. The number of rotatable bonds is 3. The Morgan fingerprint density at radius 2 is 1.75 bits per heavy atom. The van der Waals surface area contributed by atoms with Crippen LogP contribution in [0.3, 0.4) is 0 Å². The van der Waals surface area contributed by atoms with Crippen LogP contribution in [0.25, 0.3) is 0 Å². The van der Waals surface area contributed by atoms with Gasteiger partial charge in [-0.15, -0.1) is 0 Å². The summed E-state index contributed by atoms with van der Waals surface area (Å²) in [5.74, 6) is 0.635. The average molecular weight is 333 g/mol. The molecule has 2 nitrogen and oxygen atoms in total. The van der Waals surface area contributed by atoms with E-state index in [0.717, 1.165) is 10.0 Å². The molecule has 0 aliphatic carbocycles. The predicted octanol–water partition coefficient (Wildman–Crippen LogP) is 5.10. The molecule has 0 spiro atoms. The minimum Gasteiger partial charge on any atom is -0.422 e. The normalized spacial score (nSPS) is 10.7. The van der Waals surface area contributed by atoms with E-state index in [1.807, 2.05) is 37.3 Å². The first-order valence-electron chi connectivity index (χ1n) is 6.55. The van der Waals surface area contributed by atoms with Gasteiger partial charge < -0.3 is 4.74 Å². The highest BCUT2D eigenvalue weighted by molar-refractivity contribution is 9.10. The molecule has 0 unspecified atom stereocenters. The zero-order valence-electron chi connectivity index (χ0n) is 11.8. The van der Waals surface area contributed by atoms with Gasteiger partial charge in [-0.1, -0.05) is 37.6 Å². The fourth-order valence-electron chi connectivity index (χ4n) is 1.81. The molecule has 2 aromatic carbocycles. The second-order valence-corrected chi connectivity index (χ2v) is 5.95. The second kappa shape index (κ2) is 6.23. The second-order valence-electron chi connectivity index (χ2n) is 5.10. The molecule has 0 atom stereocenters. The number of hydrogen-bond acceptors (Lipinski definition) is 2. The predicted molar refractivity (Wildman–Crippen MR) is 84.4 cm³/mol. The molecular formula is C17H17BrO2. The Labute approximate surface area is 127 Å². The van der Waals surface area contributed by atoms with Crippen molar-refractivity contribution in [1.82, 2.24) is 0 Å². The maximum atomic E-state index is 12.1. The number of ether oxygens (including phenoxy) is 1. The Morgan fingerprint density at radius 3 is 2.30 bits per heavy atom. The van der Waals surface area contributed by atoms with Crippen molar-refractivity contribution in [3.05, 3.63) is 63.6 Å². The fourth-order valence-corrected chi connectivity index (χ4v) is 2.28. The van der Waals surface area contributed by atoms with E-state index in [1.54, 1.807) is 12.1 Å². The first-order valence-corrected chi connectivity index (χ1v) is 7.35. The van der Waals surface area contributed by atoms with E-state index >= 15 is 0 Å². The highest BCUT2D eigenvalue weighted by atomic mass is 79.9. The molecule has 0 amide bonds. The number of halogens is 1. The fraction of sp³-hybridized carbons (Fsp3) is 0.235. The number of carbonyl (C=O) groups excluding carboxylic acids is 1. The van der Waals surface area contributed by atoms with Crippen LogP contribution < -0.4 is 4.74 Å². The van der Waals surface area contributed by atoms with Crippen LogP contribution >= 0.6 is 15.9 Å². The number of aryl methyl sites for hydroxylation is 1. The minimum atomic E-state index is -0.344. The Bertz CT molecular complexity index is 615. The van der Waals surface area contributed by atoms with Crippen molar-refractivity contribution < 1.29 is 9.53 Å². The molecule has 0 saturated carbocycles. The van der Waals surface area contributed by atoms with Crippen LogP contribution in [0.2, 0.25) is 0 Å². The molecule has 0 radical (unpaired) electrons. The summed E-state index contributed by atoms with van der Waals surface area (Å²) < 4.78 is 6.22. The quantitative estimate of drug-likeness (QED) is 0.577. The maximum Gasteiger partial charge on any atom is 0.343 e. The highest BCUT2D eigenvalue weighted by Crippen LogP contribution is 2.29. The van der Waals surface area contributed by atoms with Crippen molar-refractivity contribution in [2.24, 2.45) is 0 Å². The van der Waals surface area contributed by atoms with Crippen LogP contribution in [0.5, 0.6) is 5.75 Å². The van der Waals surface area contributed by atoms with Crippen LogP contribution in [-0.4, -0.2) is 5.97 Å². The molecule has 0 fully saturated rings. The summed E-state index contributed by atoms with van der Waals surface area (Å²) in [6, 6.07) is 13.1. The summed E-state index contributed by atoms with van der Waals surface area (Å²) in [5, 5.41) is 0. The van der Waals surface area contributed by atoms with Gasteiger partial charge >= 0.3 is 5.97 Å². The summed E-state index contributed by atoms with van der Waals surface area (Å²) in [7, 11) is 0. The molecule has 0 aliphatic heterocycles. The summed E-state index contributed by atoms with van der Waals surface area (Å²) >= 11 is 3.45. The van der Waals surface area contributed by atoms with Gasteiger partial charge in [0, 0.05) is 0 Å². The van der Waals surface area contributed by atoms with Crippen LogP contribution in [0, 0.1) is 6.92 Å². The summed E-state index contributed by atoms with van der Waals surface area (Å²) in [6.45, 7) is 6.23. The van der Waals surface area contributed by atoms with Crippen LogP contribution in [0.15, 0.2) is 46.9 Å². The van der Waals surface area contributed by atoms with E-state index in [-0.39, 0.29) is 5.97 Å². The van der Waals surface area contributed by atoms with Gasteiger partial charge in [0.05, 0.1) is 10.0 Å². The third kappa shape index (κ3) is 3.48. The van der Waals surface area contributed by atoms with E-state index in [4.69, 9.17) is 4.74 Å². The Morgan fingerprint density at radius 1 is 1.10 bits per heavy atom. The number of hydrogen-bond donors (Lipinski definition) is 0. The topological polar surface area (TPSA) is 26.3 Å². The maximum absolute atomic E-state index is 12.1. The molecule has 20 heavy (non-hydrogen) atoms. The van der Waals surface area contributed by atoms with E-state index in [9.17, 15) is 4.79 Å². The lowest BCUT2D eigenvalue weighted by molar-refractivity contribution is 0.0733. The molecule has 0 N–H and O–H groups in total. The van der Waals surface area contributed by atoms with Crippen LogP contribution in [-0.2, 0) is 0 Å². The molecule has 0 saturated heterocycles. The summed E-state index contributed by atoms with van der Waals surface area (Å²) in [5.41, 5.74) is 2.87. The van der Waals surface area contributed by atoms with Gasteiger partial charge in [-0.25, -0.2) is 4.79 Å². The zero-order chi connectivity index (χ0) is 14.7. The average Bonchev–Trinajstić information content (AvgIpc) is 2.41. The molecule has 0 heterocycles. The van der Waals surface area contributed by atoms with E-state index in [2.05, 4.69) is 29.8 Å². The lowest BCUT2D eigenvalue weighted by atomic mass is 10.0. The first kappa shape index (κ1) is 14.8. The lowest BCUT2D eigenvalue weighted by Crippen LogP contribution is -2.08. The smallest absolute Gasteiger partial charge is 0.343 e. The van der Waals surface area contributed by atoms with Gasteiger partial charge in [0.25, 0.3) is 0 Å². The lowest BCUT2D eigenvalue weighted by Gasteiger charge is -2.10. The summed E-state index contributed by atoms with van der Waals surface area (Å²) in [6.07, 6.45) is 0. The SMILES string of the molecule is Cc1ccc(C(=O)Oc2ccc(C(C)C)cc2Br)cc1. The van der Waals surface area contributed by atoms with E-state index < -0.39 is 0 Å². The Balaban J connectivity index is 2.17. The van der Waals surface area contributed by atoms with Crippen molar-refractivity contribution in [3.63, 3.8) is 0 Å². The largest absolute Gasteiger partial charge is 0.422 e. The Hall–Kier alpha value is -1.61. The van der Waals surface area contributed by atoms with Crippen molar-refractivity contribution >= 4 is 21.9 Å². The standard InChI is InChI=1S/C17H17BrO2/c1-11(2)14-8-9-16(15(18)10-14)20-17(19)13-6-4-12(3)5-7-13/h4-11H,1-3H3. The van der Waals surface area contributed by atoms with E-state index in [1.165, 1.54) is 5.56 Å². The molecule has 0 bridgehead atoms. The molecule has 0 aromatic heterocycles. The minimum absolute atomic E-state index is 0.344. The molecule has 2 rings (SSSR count). The third-order valence-electron chi connectivity index (χ3n) is 3.11. The van der Waals surface area contributed by atoms with Crippen LogP contribution in [0.1, 0.15) is 41.3 Å². The molecule has 2 aromatic rings. The van der Waals surface area contributed by atoms with Gasteiger partial charge in [0.15, 0.2) is 0 Å². The third-order valence-corrected chi connectivity index (χ3v) is 3.73. The van der Waals surface area contributed by atoms with E-state index in [0.29, 0.717) is 17.2 Å². The zero-order valence-corrected chi connectivity index (χ0v) is 13.4. The molecule has 3 heteroatoms. The van der Waals surface area contributed by atoms with Gasteiger partial charge in [0.1, 0.15) is 5.75 Å². The number of carbonyl (C=O) groups is 1. The highest BCUT2D eigenvalue weighted by Gasteiger charge is 2.11. The van der Waals surface area contributed by atoms with Crippen molar-refractivity contribution in [1.29, 1.82) is 0 Å². The number of benzene rings is 2. The van der Waals surface area contributed by atoms with Crippen LogP contribution in [0.4, 0.5) is 0 Å². The molecule has 0 aliphatic rings. The van der Waals surface area contributed by atoms with Gasteiger partial charge in [-0.3, -0.25) is 0 Å². The summed E-state index contributed by atoms with van der Waals surface area (Å²) in [4.78, 5) is 12.1. The number of esters is 1. The van der Waals surface area contributed by atoms with Gasteiger partial charge in [0.2, 0.25) is 0 Å². The first-order chi connectivity index (χ1) is 9.47. The molecular weight excluding hydrogens is 316 g/mol. The monoisotopic (exact) mass is 332 g/mol. The van der Waals surface area contributed by atoms with Crippen molar-refractivity contribution in [2.75, 3.05) is 0 Å². The van der Waals surface area contributed by atoms with Gasteiger partial charge in [-0.2, -0.15) is 0 Å². The molecule has 104 valence electrons. The van der Waals surface area contributed by atoms with Gasteiger partial charge in [-0.05, 0) is 58.6 Å². The van der Waals surface area contributed by atoms with Crippen molar-refractivity contribution in [2.45, 2.75) is 26.7 Å². The van der Waals surface area contributed by atoms with Crippen molar-refractivity contribution in [3.8, 4) is 5.75 Å².